The minimum absolute atomic E-state index is 0.124. The molecule has 2 N–H and O–H groups in total. The van der Waals surface area contributed by atoms with Gasteiger partial charge in [0.05, 0.1) is 18.8 Å². The van der Waals surface area contributed by atoms with Crippen molar-refractivity contribution in [2.75, 3.05) is 19.8 Å². The van der Waals surface area contributed by atoms with E-state index in [0.29, 0.717) is 13.2 Å². The van der Waals surface area contributed by atoms with Crippen LogP contribution in [0.1, 0.15) is 30.0 Å². The smallest absolute Gasteiger partial charge is 0.318 e. The van der Waals surface area contributed by atoms with Crippen LogP contribution in [0.2, 0.25) is 0 Å². The van der Waals surface area contributed by atoms with Crippen molar-refractivity contribution in [2.45, 2.75) is 31.5 Å². The van der Waals surface area contributed by atoms with E-state index in [1.165, 1.54) is 12.1 Å². The Morgan fingerprint density at radius 1 is 1.22 bits per heavy atom. The van der Waals surface area contributed by atoms with Gasteiger partial charge in [-0.3, -0.25) is 0 Å². The Morgan fingerprint density at radius 3 is 2.59 bits per heavy atom. The van der Waals surface area contributed by atoms with Crippen molar-refractivity contribution in [3.05, 3.63) is 71.5 Å². The zero-order valence-electron chi connectivity index (χ0n) is 15.2. The quantitative estimate of drug-likeness (QED) is 0.784. The van der Waals surface area contributed by atoms with E-state index in [9.17, 15) is 14.3 Å². The Morgan fingerprint density at radius 2 is 1.96 bits per heavy atom. The summed E-state index contributed by atoms with van der Waals surface area (Å²) in [5.74, 6) is -0.317. The van der Waals surface area contributed by atoms with Crippen molar-refractivity contribution >= 4 is 6.03 Å². The number of carbonyl (C=O) groups is 1. The first-order valence-electron chi connectivity index (χ1n) is 9.24. The number of urea groups is 1. The standard InChI is InChI=1S/C21H25FN2O3/c22-18-10-8-17(9-11-18)20(19-7-4-14-27-19)23-21(26)24(12-13-25)15-16-5-2-1-3-6-16/h1-3,5-6,8-11,19-20,25H,4,7,12-15H2,(H,23,26). The first-order valence-corrected chi connectivity index (χ1v) is 9.24. The van der Waals surface area contributed by atoms with Gasteiger partial charge in [-0.05, 0) is 36.1 Å². The summed E-state index contributed by atoms with van der Waals surface area (Å²) in [4.78, 5) is 14.5. The van der Waals surface area contributed by atoms with Gasteiger partial charge in [0.25, 0.3) is 0 Å². The van der Waals surface area contributed by atoms with Gasteiger partial charge < -0.3 is 20.1 Å². The first-order chi connectivity index (χ1) is 13.2. The highest BCUT2D eigenvalue weighted by molar-refractivity contribution is 5.75. The molecule has 2 aromatic carbocycles. The normalized spacial score (nSPS) is 17.5. The summed E-state index contributed by atoms with van der Waals surface area (Å²) in [6.07, 6.45) is 1.62. The van der Waals surface area contributed by atoms with Gasteiger partial charge >= 0.3 is 6.03 Å². The minimum atomic E-state index is -0.363. The third-order valence-corrected chi connectivity index (χ3v) is 4.72. The third-order valence-electron chi connectivity index (χ3n) is 4.72. The minimum Gasteiger partial charge on any atom is -0.395 e. The summed E-state index contributed by atoms with van der Waals surface area (Å²) in [5.41, 5.74) is 1.79. The number of aliphatic hydroxyl groups excluding tert-OH is 1. The molecule has 144 valence electrons. The highest BCUT2D eigenvalue weighted by atomic mass is 19.1. The van der Waals surface area contributed by atoms with Crippen LogP contribution in [0.15, 0.2) is 54.6 Å². The molecular weight excluding hydrogens is 347 g/mol. The number of halogens is 1. The summed E-state index contributed by atoms with van der Waals surface area (Å²) in [6, 6.07) is 15.1. The number of hydrogen-bond donors (Lipinski definition) is 2. The molecule has 2 aromatic rings. The van der Waals surface area contributed by atoms with E-state index < -0.39 is 0 Å². The molecule has 1 fully saturated rings. The Balaban J connectivity index is 1.75. The maximum absolute atomic E-state index is 13.3. The molecule has 2 amide bonds. The molecule has 1 heterocycles. The Labute approximate surface area is 158 Å². The predicted octanol–water partition coefficient (Wildman–Crippen LogP) is 3.25. The van der Waals surface area contributed by atoms with Crippen LogP contribution in [-0.2, 0) is 11.3 Å². The molecule has 2 unspecified atom stereocenters. The molecule has 0 aliphatic carbocycles. The average molecular weight is 372 g/mol. The van der Waals surface area contributed by atoms with E-state index in [-0.39, 0.29) is 37.1 Å². The lowest BCUT2D eigenvalue weighted by molar-refractivity contribution is 0.0770. The average Bonchev–Trinajstić information content (AvgIpc) is 3.22. The molecule has 0 bridgehead atoms. The number of hydrogen-bond acceptors (Lipinski definition) is 3. The molecular formula is C21H25FN2O3. The zero-order chi connectivity index (χ0) is 19.1. The number of ether oxygens (including phenoxy) is 1. The molecule has 6 heteroatoms. The lowest BCUT2D eigenvalue weighted by Crippen LogP contribution is -2.45. The fraction of sp³-hybridized carbons (Fsp3) is 0.381. The summed E-state index contributed by atoms with van der Waals surface area (Å²) < 4.78 is 19.1. The van der Waals surface area contributed by atoms with Crippen LogP contribution >= 0.6 is 0 Å². The second-order valence-electron chi connectivity index (χ2n) is 6.66. The predicted molar refractivity (Wildman–Crippen MR) is 101 cm³/mol. The lowest BCUT2D eigenvalue weighted by Gasteiger charge is -2.29. The molecule has 0 radical (unpaired) electrons. The van der Waals surface area contributed by atoms with Crippen molar-refractivity contribution in [3.8, 4) is 0 Å². The highest BCUT2D eigenvalue weighted by Crippen LogP contribution is 2.27. The summed E-state index contributed by atoms with van der Waals surface area (Å²) in [7, 11) is 0. The van der Waals surface area contributed by atoms with Crippen LogP contribution in [0.3, 0.4) is 0 Å². The molecule has 1 saturated heterocycles. The Hall–Kier alpha value is -2.44. The zero-order valence-corrected chi connectivity index (χ0v) is 15.2. The van der Waals surface area contributed by atoms with Gasteiger partial charge in [0.15, 0.2) is 0 Å². The monoisotopic (exact) mass is 372 g/mol. The van der Waals surface area contributed by atoms with Crippen molar-refractivity contribution < 1.29 is 19.0 Å². The Kier molecular flexibility index (Phi) is 6.79. The Bertz CT molecular complexity index is 718. The van der Waals surface area contributed by atoms with Crippen molar-refractivity contribution in [2.24, 2.45) is 0 Å². The SMILES string of the molecule is O=C(NC(c1ccc(F)cc1)C1CCCO1)N(CCO)Cc1ccccc1. The van der Waals surface area contributed by atoms with E-state index in [1.807, 2.05) is 30.3 Å². The van der Waals surface area contributed by atoms with Gasteiger partial charge in [0, 0.05) is 19.7 Å². The summed E-state index contributed by atoms with van der Waals surface area (Å²) >= 11 is 0. The van der Waals surface area contributed by atoms with E-state index in [0.717, 1.165) is 24.0 Å². The van der Waals surface area contributed by atoms with E-state index >= 15 is 0 Å². The van der Waals surface area contributed by atoms with Crippen LogP contribution in [0.4, 0.5) is 9.18 Å². The van der Waals surface area contributed by atoms with Gasteiger partial charge in [-0.1, -0.05) is 42.5 Å². The van der Waals surface area contributed by atoms with E-state index in [4.69, 9.17) is 4.74 Å². The largest absolute Gasteiger partial charge is 0.395 e. The number of benzene rings is 2. The third kappa shape index (κ3) is 5.28. The van der Waals surface area contributed by atoms with E-state index in [1.54, 1.807) is 17.0 Å². The number of nitrogens with one attached hydrogen (secondary N) is 1. The number of rotatable bonds is 7. The molecule has 0 spiro atoms. The van der Waals surface area contributed by atoms with Gasteiger partial charge in [-0.25, -0.2) is 9.18 Å². The van der Waals surface area contributed by atoms with Gasteiger partial charge in [-0.15, -0.1) is 0 Å². The van der Waals surface area contributed by atoms with Crippen molar-refractivity contribution in [1.29, 1.82) is 0 Å². The lowest BCUT2D eigenvalue weighted by atomic mass is 9.99. The molecule has 5 nitrogen and oxygen atoms in total. The summed E-state index contributed by atoms with van der Waals surface area (Å²) in [6.45, 7) is 1.15. The molecule has 0 aromatic heterocycles. The fourth-order valence-electron chi connectivity index (χ4n) is 3.33. The van der Waals surface area contributed by atoms with Crippen LogP contribution in [0.5, 0.6) is 0 Å². The topological polar surface area (TPSA) is 61.8 Å². The van der Waals surface area contributed by atoms with Crippen LogP contribution < -0.4 is 5.32 Å². The highest BCUT2D eigenvalue weighted by Gasteiger charge is 2.30. The van der Waals surface area contributed by atoms with Crippen molar-refractivity contribution in [1.82, 2.24) is 10.2 Å². The van der Waals surface area contributed by atoms with Crippen LogP contribution in [0.25, 0.3) is 0 Å². The number of aliphatic hydroxyl groups is 1. The van der Waals surface area contributed by atoms with Crippen LogP contribution in [-0.4, -0.2) is 41.9 Å². The first kappa shape index (κ1) is 19.3. The number of amides is 2. The van der Waals surface area contributed by atoms with Gasteiger partial charge in [0.1, 0.15) is 5.82 Å². The molecule has 0 saturated carbocycles. The second kappa shape index (κ2) is 9.48. The summed E-state index contributed by atoms with van der Waals surface area (Å²) in [5, 5.41) is 12.4. The maximum Gasteiger partial charge on any atom is 0.318 e. The molecule has 1 aliphatic heterocycles. The molecule has 2 atom stereocenters. The molecule has 3 rings (SSSR count). The van der Waals surface area contributed by atoms with E-state index in [2.05, 4.69) is 5.32 Å². The van der Waals surface area contributed by atoms with Gasteiger partial charge in [-0.2, -0.15) is 0 Å². The second-order valence-corrected chi connectivity index (χ2v) is 6.66. The van der Waals surface area contributed by atoms with Gasteiger partial charge in [0.2, 0.25) is 0 Å². The number of carbonyl (C=O) groups excluding carboxylic acids is 1. The molecule has 1 aliphatic rings. The fourth-order valence-corrected chi connectivity index (χ4v) is 3.33. The number of nitrogens with zero attached hydrogens (tertiary/aromatic N) is 1. The molecule has 27 heavy (non-hydrogen) atoms. The van der Waals surface area contributed by atoms with Crippen molar-refractivity contribution in [3.63, 3.8) is 0 Å². The maximum atomic E-state index is 13.3. The van der Waals surface area contributed by atoms with Crippen LogP contribution in [0, 0.1) is 5.82 Å².